The van der Waals surface area contributed by atoms with Gasteiger partial charge in [0.25, 0.3) is 5.24 Å². The molecular weight excluding hydrogens is 446 g/mol. The van der Waals surface area contributed by atoms with Crippen molar-refractivity contribution in [1.29, 1.82) is 0 Å². The topological polar surface area (TPSA) is 89.0 Å². The van der Waals surface area contributed by atoms with Crippen molar-refractivity contribution in [1.82, 2.24) is 20.3 Å². The van der Waals surface area contributed by atoms with Crippen molar-refractivity contribution in [3.05, 3.63) is 77.8 Å². The van der Waals surface area contributed by atoms with E-state index >= 15 is 0 Å². The standard InChI is InChI=1S/C23H16ClN5O2S/c24-19-12-16(6-8-21(19)31-17-4-2-9-25-13-17)29-22-18-11-15(3-1-10-26-23(30)32)5-7-20(18)27-14-28-22/h2,4-9,11-14H,10H2,(H2,26,30,32)(H,27,28,29). The molecule has 0 unspecified atom stereocenters. The maximum Gasteiger partial charge on any atom is 0.276 e. The zero-order valence-electron chi connectivity index (χ0n) is 16.5. The molecule has 0 bridgehead atoms. The second-order valence-corrected chi connectivity index (χ2v) is 7.29. The summed E-state index contributed by atoms with van der Waals surface area (Å²) in [6, 6.07) is 14.6. The number of amides is 1. The number of nitrogens with zero attached hydrogens (tertiary/aromatic N) is 3. The van der Waals surface area contributed by atoms with Gasteiger partial charge in [-0.15, -0.1) is 0 Å². The van der Waals surface area contributed by atoms with Crippen LogP contribution in [0.3, 0.4) is 0 Å². The molecule has 0 radical (unpaired) electrons. The lowest BCUT2D eigenvalue weighted by Gasteiger charge is -2.11. The summed E-state index contributed by atoms with van der Waals surface area (Å²) in [6.07, 6.45) is 4.77. The van der Waals surface area contributed by atoms with Crippen LogP contribution in [0.25, 0.3) is 10.9 Å². The van der Waals surface area contributed by atoms with Crippen LogP contribution >= 0.6 is 24.2 Å². The minimum atomic E-state index is -0.423. The number of carbonyl (C=O) groups is 1. The fraction of sp³-hybridized carbons (Fsp3) is 0.0435. The number of carbonyl (C=O) groups excluding carboxylic acids is 1. The second kappa shape index (κ2) is 10.0. The first-order chi connectivity index (χ1) is 15.6. The number of ether oxygens (including phenoxy) is 1. The van der Waals surface area contributed by atoms with Gasteiger partial charge in [0.05, 0.1) is 23.3 Å². The summed E-state index contributed by atoms with van der Waals surface area (Å²) in [5.74, 6) is 7.60. The minimum absolute atomic E-state index is 0.211. The molecule has 7 nitrogen and oxygen atoms in total. The number of fused-ring (bicyclic) bond motifs is 1. The molecule has 0 fully saturated rings. The van der Waals surface area contributed by atoms with Crippen molar-refractivity contribution >= 4 is 51.9 Å². The van der Waals surface area contributed by atoms with Crippen LogP contribution in [0, 0.1) is 11.8 Å². The van der Waals surface area contributed by atoms with Crippen molar-refractivity contribution in [2.45, 2.75) is 0 Å². The first-order valence-corrected chi connectivity index (χ1v) is 10.3. The molecule has 9 heteroatoms. The van der Waals surface area contributed by atoms with E-state index in [4.69, 9.17) is 16.3 Å². The smallest absolute Gasteiger partial charge is 0.276 e. The van der Waals surface area contributed by atoms with E-state index in [0.717, 1.165) is 22.2 Å². The number of halogens is 1. The molecule has 2 aromatic carbocycles. The van der Waals surface area contributed by atoms with E-state index in [9.17, 15) is 4.79 Å². The summed E-state index contributed by atoms with van der Waals surface area (Å²) in [6.45, 7) is 0.211. The zero-order chi connectivity index (χ0) is 22.3. The predicted octanol–water partition coefficient (Wildman–Crippen LogP) is 5.21. The number of hydrogen-bond acceptors (Lipinski definition) is 6. The lowest BCUT2D eigenvalue weighted by atomic mass is 10.1. The van der Waals surface area contributed by atoms with Crippen LogP contribution < -0.4 is 15.4 Å². The fourth-order valence-electron chi connectivity index (χ4n) is 2.83. The van der Waals surface area contributed by atoms with Gasteiger partial charge in [0.15, 0.2) is 0 Å². The third-order valence-corrected chi connectivity index (χ3v) is 4.71. The lowest BCUT2D eigenvalue weighted by Crippen LogP contribution is -2.16. The molecule has 2 aromatic heterocycles. The molecule has 4 aromatic rings. The molecular formula is C23H16ClN5O2S. The number of nitrogens with one attached hydrogen (secondary N) is 2. The van der Waals surface area contributed by atoms with Crippen molar-refractivity contribution in [3.63, 3.8) is 0 Å². The summed E-state index contributed by atoms with van der Waals surface area (Å²) >= 11 is 10.1. The van der Waals surface area contributed by atoms with Crippen LogP contribution in [0.4, 0.5) is 16.3 Å². The first-order valence-electron chi connectivity index (χ1n) is 9.43. The highest BCUT2D eigenvalue weighted by molar-refractivity contribution is 7.96. The molecule has 0 saturated carbocycles. The molecule has 4 rings (SSSR count). The van der Waals surface area contributed by atoms with E-state index in [-0.39, 0.29) is 6.54 Å². The van der Waals surface area contributed by atoms with E-state index in [0.29, 0.717) is 22.3 Å². The van der Waals surface area contributed by atoms with Gasteiger partial charge in [0.1, 0.15) is 23.6 Å². The number of benzene rings is 2. The van der Waals surface area contributed by atoms with Crippen molar-refractivity contribution in [2.75, 3.05) is 11.9 Å². The molecule has 1 amide bonds. The maximum absolute atomic E-state index is 10.8. The normalized spacial score (nSPS) is 10.2. The van der Waals surface area contributed by atoms with Gasteiger partial charge in [-0.1, -0.05) is 36.1 Å². The Morgan fingerprint density at radius 2 is 2.06 bits per heavy atom. The second-order valence-electron chi connectivity index (χ2n) is 6.48. The van der Waals surface area contributed by atoms with Gasteiger partial charge in [0, 0.05) is 22.8 Å². The summed E-state index contributed by atoms with van der Waals surface area (Å²) in [5.41, 5.74) is 2.27. The molecule has 2 N–H and O–H groups in total. The Balaban J connectivity index is 1.56. The number of aromatic nitrogens is 3. The number of anilines is 2. The van der Waals surface area contributed by atoms with Crippen LogP contribution in [0.1, 0.15) is 5.56 Å². The Hall–Kier alpha value is -3.80. The third kappa shape index (κ3) is 5.46. The van der Waals surface area contributed by atoms with E-state index in [1.807, 2.05) is 24.3 Å². The lowest BCUT2D eigenvalue weighted by molar-refractivity contribution is 0.262. The largest absolute Gasteiger partial charge is 0.454 e. The van der Waals surface area contributed by atoms with E-state index < -0.39 is 5.24 Å². The van der Waals surface area contributed by atoms with E-state index in [1.165, 1.54) is 6.33 Å². The Labute approximate surface area is 194 Å². The minimum Gasteiger partial charge on any atom is -0.454 e. The van der Waals surface area contributed by atoms with Crippen LogP contribution in [0.5, 0.6) is 11.5 Å². The van der Waals surface area contributed by atoms with Gasteiger partial charge in [-0.05, 0) is 48.5 Å². The summed E-state index contributed by atoms with van der Waals surface area (Å²) < 4.78 is 5.77. The fourth-order valence-corrected chi connectivity index (χ4v) is 3.13. The summed E-state index contributed by atoms with van der Waals surface area (Å²) in [4.78, 5) is 23.5. The van der Waals surface area contributed by atoms with Crippen LogP contribution in [-0.2, 0) is 0 Å². The van der Waals surface area contributed by atoms with Gasteiger partial charge >= 0.3 is 0 Å². The predicted molar refractivity (Wildman–Crippen MR) is 128 cm³/mol. The summed E-state index contributed by atoms with van der Waals surface area (Å²) in [5, 5.41) is 6.59. The van der Waals surface area contributed by atoms with Gasteiger partial charge in [-0.25, -0.2) is 9.97 Å². The summed E-state index contributed by atoms with van der Waals surface area (Å²) in [7, 11) is 0. The molecule has 0 atom stereocenters. The van der Waals surface area contributed by atoms with Crippen molar-refractivity contribution < 1.29 is 9.53 Å². The molecule has 0 aliphatic rings. The average Bonchev–Trinajstić information content (AvgIpc) is 2.79. The highest BCUT2D eigenvalue weighted by Crippen LogP contribution is 2.33. The van der Waals surface area contributed by atoms with Crippen molar-refractivity contribution in [3.8, 4) is 23.3 Å². The molecule has 0 aliphatic heterocycles. The van der Waals surface area contributed by atoms with Gasteiger partial charge in [-0.3, -0.25) is 9.78 Å². The number of pyridine rings is 1. The molecule has 0 aliphatic carbocycles. The van der Waals surface area contributed by atoms with Crippen LogP contribution in [-0.4, -0.2) is 26.7 Å². The molecule has 2 heterocycles. The van der Waals surface area contributed by atoms with Crippen LogP contribution in [0.2, 0.25) is 5.02 Å². The van der Waals surface area contributed by atoms with E-state index in [1.54, 1.807) is 36.7 Å². The SMILES string of the molecule is O=C(S)NCC#Cc1ccc2ncnc(Nc3ccc(Oc4cccnc4)c(Cl)c3)c2c1. The highest BCUT2D eigenvalue weighted by Gasteiger charge is 2.08. The maximum atomic E-state index is 10.8. The molecule has 0 saturated heterocycles. The number of thiol groups is 1. The average molecular weight is 462 g/mol. The Morgan fingerprint density at radius 3 is 2.84 bits per heavy atom. The van der Waals surface area contributed by atoms with Gasteiger partial charge in [0.2, 0.25) is 0 Å². The van der Waals surface area contributed by atoms with Crippen molar-refractivity contribution in [2.24, 2.45) is 0 Å². The Morgan fingerprint density at radius 1 is 1.16 bits per heavy atom. The van der Waals surface area contributed by atoms with Gasteiger partial charge < -0.3 is 15.4 Å². The molecule has 158 valence electrons. The zero-order valence-corrected chi connectivity index (χ0v) is 18.2. The first kappa shape index (κ1) is 21.4. The molecule has 0 spiro atoms. The highest BCUT2D eigenvalue weighted by atomic mass is 35.5. The Kier molecular flexibility index (Phi) is 6.70. The van der Waals surface area contributed by atoms with Crippen LogP contribution in [0.15, 0.2) is 67.3 Å². The van der Waals surface area contributed by atoms with Gasteiger partial charge in [-0.2, -0.15) is 0 Å². The quantitative estimate of drug-likeness (QED) is 0.279. The number of hydrogen-bond donors (Lipinski definition) is 3. The molecule has 32 heavy (non-hydrogen) atoms. The van der Waals surface area contributed by atoms with E-state index in [2.05, 4.69) is 50.1 Å². The Bertz CT molecular complexity index is 1340. The monoisotopic (exact) mass is 461 g/mol. The number of rotatable bonds is 5. The third-order valence-electron chi connectivity index (χ3n) is 4.25.